The minimum atomic E-state index is -5.92. The van der Waals surface area contributed by atoms with E-state index in [4.69, 9.17) is 0 Å². The van der Waals surface area contributed by atoms with Crippen molar-refractivity contribution in [2.75, 3.05) is 0 Å². The van der Waals surface area contributed by atoms with Gasteiger partial charge in [0.25, 0.3) is 0 Å². The molecule has 0 aromatic carbocycles. The van der Waals surface area contributed by atoms with E-state index in [9.17, 15) is 26.9 Å². The van der Waals surface area contributed by atoms with E-state index in [1.807, 2.05) is 0 Å². The molecule has 0 aliphatic carbocycles. The van der Waals surface area contributed by atoms with Crippen molar-refractivity contribution in [1.82, 2.24) is 19.4 Å². The summed E-state index contributed by atoms with van der Waals surface area (Å²) in [6.45, 7) is 1.47. The van der Waals surface area contributed by atoms with Gasteiger partial charge in [-0.3, -0.25) is 4.68 Å². The van der Waals surface area contributed by atoms with E-state index in [2.05, 4.69) is 14.4 Å². The van der Waals surface area contributed by atoms with E-state index < -0.39 is 21.4 Å². The Morgan fingerprint density at radius 2 is 1.96 bits per heavy atom. The Balaban J connectivity index is 2.29. The Kier molecular flexibility index (Phi) is 3.91. The number of halogens is 3. The Bertz CT molecular complexity index is 1160. The monoisotopic (exact) mass is 385 g/mol. The van der Waals surface area contributed by atoms with Crippen molar-refractivity contribution >= 4 is 15.6 Å². The Morgan fingerprint density at radius 3 is 2.50 bits per heavy atom. The van der Waals surface area contributed by atoms with Crippen LogP contribution in [0, 0.1) is 18.3 Å². The van der Waals surface area contributed by atoms with Crippen molar-refractivity contribution in [3.63, 3.8) is 0 Å². The summed E-state index contributed by atoms with van der Waals surface area (Å²) in [5, 5.41) is 17.2. The molecule has 136 valence electrons. The molecule has 0 bridgehead atoms. The molecule has 3 aromatic rings. The largest absolute Gasteiger partial charge is 0.534 e. The topological polar surface area (TPSA) is 102 Å². The number of pyridine rings is 1. The fourth-order valence-electron chi connectivity index (χ4n) is 2.35. The number of nitriles is 1. The van der Waals surface area contributed by atoms with E-state index in [-0.39, 0.29) is 16.8 Å². The molecular weight excluding hydrogens is 375 g/mol. The first-order valence-corrected chi connectivity index (χ1v) is 8.37. The smallest absolute Gasteiger partial charge is 0.374 e. The highest BCUT2D eigenvalue weighted by Gasteiger charge is 2.49. The number of nitrogens with zero attached hydrogens (tertiary/aromatic N) is 5. The van der Waals surface area contributed by atoms with Gasteiger partial charge < -0.3 is 4.18 Å². The normalized spacial score (nSPS) is 12.3. The Hall–Kier alpha value is -3.07. The average molecular weight is 385 g/mol. The molecule has 0 N–H and O–H groups in total. The zero-order valence-corrected chi connectivity index (χ0v) is 14.1. The Labute approximate surface area is 145 Å². The van der Waals surface area contributed by atoms with Crippen molar-refractivity contribution in [1.29, 1.82) is 5.26 Å². The lowest BCUT2D eigenvalue weighted by molar-refractivity contribution is -0.0499. The van der Waals surface area contributed by atoms with Gasteiger partial charge in [0, 0.05) is 30.6 Å². The highest BCUT2D eigenvalue weighted by molar-refractivity contribution is 7.88. The van der Waals surface area contributed by atoms with Crippen molar-refractivity contribution < 1.29 is 25.8 Å². The van der Waals surface area contributed by atoms with Crippen molar-refractivity contribution in [3.05, 3.63) is 35.9 Å². The molecule has 0 spiro atoms. The zero-order valence-electron chi connectivity index (χ0n) is 13.3. The van der Waals surface area contributed by atoms with Crippen LogP contribution in [0.3, 0.4) is 0 Å². The van der Waals surface area contributed by atoms with Crippen LogP contribution in [0.2, 0.25) is 0 Å². The maximum absolute atomic E-state index is 12.7. The number of aromatic nitrogens is 4. The highest BCUT2D eigenvalue weighted by atomic mass is 32.2. The molecule has 0 saturated heterocycles. The van der Waals surface area contributed by atoms with E-state index in [0.29, 0.717) is 11.1 Å². The second kappa shape index (κ2) is 5.73. The standard InChI is InChI=1S/C14H10F3N5O3S/c1-8-11(4-18)13-12(25-26(23,24)14(15,16)17)3-9(7-22(13)20-8)10-5-19-21(2)6-10/h3,5-7H,1-2H3. The molecule has 3 rings (SSSR count). The summed E-state index contributed by atoms with van der Waals surface area (Å²) >= 11 is 0. The first-order valence-electron chi connectivity index (χ1n) is 6.96. The van der Waals surface area contributed by atoms with E-state index >= 15 is 0 Å². The van der Waals surface area contributed by atoms with E-state index in [1.165, 1.54) is 24.0 Å². The quantitative estimate of drug-likeness (QED) is 0.506. The molecular formula is C14H10F3N5O3S. The van der Waals surface area contributed by atoms with Gasteiger partial charge >= 0.3 is 15.6 Å². The highest BCUT2D eigenvalue weighted by Crippen LogP contribution is 2.34. The lowest BCUT2D eigenvalue weighted by Crippen LogP contribution is -2.28. The number of fused-ring (bicyclic) bond motifs is 1. The zero-order chi connectivity index (χ0) is 19.3. The summed E-state index contributed by atoms with van der Waals surface area (Å²) in [6, 6.07) is 2.89. The maximum Gasteiger partial charge on any atom is 0.534 e. The summed E-state index contributed by atoms with van der Waals surface area (Å²) in [6.07, 6.45) is 4.45. The molecule has 0 amide bonds. The SMILES string of the molecule is Cc1nn2cc(-c3cnn(C)c3)cc(OS(=O)(=O)C(F)(F)F)c2c1C#N. The van der Waals surface area contributed by atoms with Crippen LogP contribution in [0.15, 0.2) is 24.7 Å². The number of aryl methyl sites for hydroxylation is 2. The summed E-state index contributed by atoms with van der Waals surface area (Å²) in [5.41, 5.74) is -4.86. The molecule has 12 heteroatoms. The van der Waals surface area contributed by atoms with Gasteiger partial charge in [-0.2, -0.15) is 37.0 Å². The van der Waals surface area contributed by atoms with E-state index in [1.54, 1.807) is 19.3 Å². The fraction of sp³-hybridized carbons (Fsp3) is 0.214. The second-order valence-corrected chi connectivity index (χ2v) is 6.88. The van der Waals surface area contributed by atoms with Gasteiger partial charge in [-0.05, 0) is 13.0 Å². The van der Waals surface area contributed by atoms with Crippen LogP contribution in [0.5, 0.6) is 5.75 Å². The van der Waals surface area contributed by atoms with E-state index in [0.717, 1.165) is 10.6 Å². The lowest BCUT2D eigenvalue weighted by atomic mass is 10.1. The molecule has 0 atom stereocenters. The molecule has 0 radical (unpaired) electrons. The minimum absolute atomic E-state index is 0.0879. The molecule has 0 saturated carbocycles. The molecule has 3 aromatic heterocycles. The second-order valence-electron chi connectivity index (χ2n) is 5.34. The molecule has 0 fully saturated rings. The van der Waals surface area contributed by atoms with Crippen LogP contribution < -0.4 is 4.18 Å². The predicted octanol–water partition coefficient (Wildman–Crippen LogP) is 2.14. The first kappa shape index (κ1) is 17.7. The first-order chi connectivity index (χ1) is 12.0. The summed E-state index contributed by atoms with van der Waals surface area (Å²) in [4.78, 5) is 0. The molecule has 8 nitrogen and oxygen atoms in total. The van der Waals surface area contributed by atoms with Gasteiger partial charge in [0.2, 0.25) is 0 Å². The van der Waals surface area contributed by atoms with Gasteiger partial charge in [-0.25, -0.2) is 4.52 Å². The van der Waals surface area contributed by atoms with Crippen LogP contribution in [0.4, 0.5) is 13.2 Å². The third-order valence-corrected chi connectivity index (χ3v) is 4.47. The average Bonchev–Trinajstić information content (AvgIpc) is 3.08. The van der Waals surface area contributed by atoms with Gasteiger partial charge in [0.1, 0.15) is 17.1 Å². The number of alkyl halides is 3. The van der Waals surface area contributed by atoms with Gasteiger partial charge in [-0.1, -0.05) is 0 Å². The molecule has 0 aliphatic rings. The number of hydrogen-bond acceptors (Lipinski definition) is 6. The van der Waals surface area contributed by atoms with Crippen LogP contribution in [-0.4, -0.2) is 33.3 Å². The maximum atomic E-state index is 12.7. The van der Waals surface area contributed by atoms with Crippen LogP contribution in [-0.2, 0) is 17.2 Å². The third kappa shape index (κ3) is 2.86. The Morgan fingerprint density at radius 1 is 1.27 bits per heavy atom. The molecule has 3 heterocycles. The summed E-state index contributed by atoms with van der Waals surface area (Å²) < 4.78 is 67.9. The third-order valence-electron chi connectivity index (χ3n) is 3.50. The van der Waals surface area contributed by atoms with Crippen molar-refractivity contribution in [2.45, 2.75) is 12.4 Å². The van der Waals surface area contributed by atoms with Crippen molar-refractivity contribution in [3.8, 4) is 22.9 Å². The number of rotatable bonds is 3. The van der Waals surface area contributed by atoms with Crippen molar-refractivity contribution in [2.24, 2.45) is 7.05 Å². The summed E-state index contributed by atoms with van der Waals surface area (Å²) in [5.74, 6) is -0.652. The molecule has 0 unspecified atom stereocenters. The van der Waals surface area contributed by atoms with Crippen LogP contribution in [0.25, 0.3) is 16.6 Å². The summed E-state index contributed by atoms with van der Waals surface area (Å²) in [7, 11) is -4.28. The minimum Gasteiger partial charge on any atom is -0.374 e. The fourth-order valence-corrected chi connectivity index (χ4v) is 2.80. The molecule has 0 aliphatic heterocycles. The van der Waals surface area contributed by atoms with Gasteiger partial charge in [0.05, 0.1) is 11.9 Å². The van der Waals surface area contributed by atoms with Gasteiger partial charge in [0.15, 0.2) is 5.75 Å². The lowest BCUT2D eigenvalue weighted by Gasteiger charge is -2.12. The van der Waals surface area contributed by atoms with Crippen LogP contribution >= 0.6 is 0 Å². The van der Waals surface area contributed by atoms with Crippen LogP contribution in [0.1, 0.15) is 11.3 Å². The predicted molar refractivity (Wildman–Crippen MR) is 82.4 cm³/mol. The van der Waals surface area contributed by atoms with Gasteiger partial charge in [-0.15, -0.1) is 0 Å². The number of hydrogen-bond donors (Lipinski definition) is 0. The molecule has 26 heavy (non-hydrogen) atoms.